The van der Waals surface area contributed by atoms with Gasteiger partial charge in [0.05, 0.1) is 17.7 Å². The van der Waals surface area contributed by atoms with Crippen LogP contribution in [-0.2, 0) is 9.53 Å². The number of nitrogens with zero attached hydrogens (tertiary/aromatic N) is 1. The van der Waals surface area contributed by atoms with Crippen LogP contribution in [0.2, 0.25) is 0 Å². The molecular weight excluding hydrogens is 525 g/mol. The molecule has 0 unspecified atom stereocenters. The van der Waals surface area contributed by atoms with Gasteiger partial charge in [-0.3, -0.25) is 0 Å². The first-order valence-corrected chi connectivity index (χ1v) is 10.1. The van der Waals surface area contributed by atoms with E-state index in [9.17, 15) is 4.79 Å². The first-order valence-electron chi connectivity index (χ1n) is 8.20. The van der Waals surface area contributed by atoms with Crippen LogP contribution in [0.3, 0.4) is 0 Å². The van der Waals surface area contributed by atoms with Gasteiger partial charge in [-0.25, -0.2) is 9.79 Å². The molecule has 27 heavy (non-hydrogen) atoms. The van der Waals surface area contributed by atoms with Crippen LogP contribution in [0.1, 0.15) is 25.0 Å². The predicted octanol–water partition coefficient (Wildman–Crippen LogP) is 5.19. The monoisotopic (exact) mass is 541 g/mol. The largest absolute Gasteiger partial charge is 0.493 e. The minimum absolute atomic E-state index is 0.00491. The first kappa shape index (κ1) is 19.9. The molecule has 0 aliphatic carbocycles. The zero-order valence-electron chi connectivity index (χ0n) is 15.0. The number of cyclic esters (lactones) is 1. The van der Waals surface area contributed by atoms with Crippen LogP contribution in [0.4, 0.5) is 0 Å². The van der Waals surface area contributed by atoms with Crippen LogP contribution in [0.5, 0.6) is 11.5 Å². The van der Waals surface area contributed by atoms with Crippen LogP contribution in [0.15, 0.2) is 51.6 Å². The van der Waals surface area contributed by atoms with Gasteiger partial charge >= 0.3 is 5.97 Å². The van der Waals surface area contributed by atoms with Crippen molar-refractivity contribution in [2.24, 2.45) is 4.99 Å². The zero-order valence-corrected chi connectivity index (χ0v) is 18.7. The van der Waals surface area contributed by atoms with E-state index in [4.69, 9.17) is 14.2 Å². The van der Waals surface area contributed by atoms with Crippen molar-refractivity contribution >= 4 is 56.5 Å². The Kier molecular flexibility index (Phi) is 6.21. The summed E-state index contributed by atoms with van der Waals surface area (Å²) in [5, 5.41) is 0. The number of benzene rings is 2. The van der Waals surface area contributed by atoms with Gasteiger partial charge in [-0.15, -0.1) is 0 Å². The molecule has 0 N–H and O–H groups in total. The maximum Gasteiger partial charge on any atom is 0.363 e. The Balaban J connectivity index is 1.95. The molecule has 140 valence electrons. The van der Waals surface area contributed by atoms with Crippen molar-refractivity contribution in [1.82, 2.24) is 0 Å². The van der Waals surface area contributed by atoms with Gasteiger partial charge < -0.3 is 14.2 Å². The minimum atomic E-state index is -0.485. The van der Waals surface area contributed by atoms with E-state index in [2.05, 4.69) is 43.5 Å². The molecule has 0 fully saturated rings. The molecule has 0 saturated carbocycles. The second-order valence-electron chi connectivity index (χ2n) is 6.04. The molecule has 7 heteroatoms. The molecule has 0 amide bonds. The standard InChI is InChI=1S/C20H17BrINO4/c1-11(2)26-18-15(21)8-12(10-17(18)25-3)9-16-20(24)27-19(23-16)13-4-6-14(22)7-5-13/h4-11H,1-3H3/b16-9-. The predicted molar refractivity (Wildman–Crippen MR) is 116 cm³/mol. The molecule has 0 saturated heterocycles. The summed E-state index contributed by atoms with van der Waals surface area (Å²) in [5.41, 5.74) is 1.73. The number of halogens is 2. The number of methoxy groups -OCH3 is 1. The summed E-state index contributed by atoms with van der Waals surface area (Å²) in [6, 6.07) is 11.2. The summed E-state index contributed by atoms with van der Waals surface area (Å²) in [4.78, 5) is 16.5. The number of aliphatic imine (C=N–C) groups is 1. The second kappa shape index (κ2) is 8.43. The summed E-state index contributed by atoms with van der Waals surface area (Å²) >= 11 is 5.72. The summed E-state index contributed by atoms with van der Waals surface area (Å²) < 4.78 is 18.3. The summed E-state index contributed by atoms with van der Waals surface area (Å²) in [7, 11) is 1.57. The van der Waals surface area contributed by atoms with Crippen molar-refractivity contribution < 1.29 is 19.0 Å². The van der Waals surface area contributed by atoms with Crippen molar-refractivity contribution in [3.63, 3.8) is 0 Å². The number of esters is 1. The third kappa shape index (κ3) is 4.70. The Morgan fingerprint density at radius 1 is 1.22 bits per heavy atom. The topological polar surface area (TPSA) is 57.1 Å². The van der Waals surface area contributed by atoms with Crippen LogP contribution in [0.25, 0.3) is 6.08 Å². The molecule has 0 spiro atoms. The molecule has 3 rings (SSSR count). The van der Waals surface area contributed by atoms with Crippen molar-refractivity contribution in [3.8, 4) is 11.5 Å². The normalized spacial score (nSPS) is 15.1. The van der Waals surface area contributed by atoms with E-state index in [0.717, 1.165) is 19.2 Å². The van der Waals surface area contributed by atoms with Crippen LogP contribution >= 0.6 is 38.5 Å². The van der Waals surface area contributed by atoms with E-state index in [1.807, 2.05) is 44.2 Å². The smallest absolute Gasteiger partial charge is 0.363 e. The van der Waals surface area contributed by atoms with Crippen LogP contribution in [0, 0.1) is 3.57 Å². The van der Waals surface area contributed by atoms with E-state index in [1.54, 1.807) is 19.3 Å². The van der Waals surface area contributed by atoms with Gasteiger partial charge in [0, 0.05) is 9.13 Å². The number of carbonyl (C=O) groups excluding carboxylic acids is 1. The van der Waals surface area contributed by atoms with Crippen molar-refractivity contribution in [2.45, 2.75) is 20.0 Å². The summed E-state index contributed by atoms with van der Waals surface area (Å²) in [6.07, 6.45) is 1.67. The van der Waals surface area contributed by atoms with Gasteiger partial charge in [-0.1, -0.05) is 0 Å². The van der Waals surface area contributed by atoms with Crippen molar-refractivity contribution in [3.05, 3.63) is 61.3 Å². The number of hydrogen-bond donors (Lipinski definition) is 0. The highest BCUT2D eigenvalue weighted by Gasteiger charge is 2.24. The lowest BCUT2D eigenvalue weighted by Gasteiger charge is -2.15. The maximum atomic E-state index is 12.2. The van der Waals surface area contributed by atoms with Crippen LogP contribution in [-0.4, -0.2) is 25.1 Å². The fourth-order valence-corrected chi connectivity index (χ4v) is 3.37. The fourth-order valence-electron chi connectivity index (χ4n) is 2.46. The minimum Gasteiger partial charge on any atom is -0.493 e. The molecule has 0 radical (unpaired) electrons. The number of hydrogen-bond acceptors (Lipinski definition) is 5. The van der Waals surface area contributed by atoms with E-state index in [-0.39, 0.29) is 11.8 Å². The quantitative estimate of drug-likeness (QED) is 0.297. The molecule has 2 aromatic rings. The molecule has 0 bridgehead atoms. The van der Waals surface area contributed by atoms with Gasteiger partial charge in [-0.2, -0.15) is 0 Å². The van der Waals surface area contributed by atoms with E-state index in [0.29, 0.717) is 17.4 Å². The van der Waals surface area contributed by atoms with Gasteiger partial charge in [-0.05, 0) is 100 Å². The summed E-state index contributed by atoms with van der Waals surface area (Å²) in [5.74, 6) is 0.999. The SMILES string of the molecule is COc1cc(/C=C2\N=C(c3ccc(I)cc3)OC2=O)cc(Br)c1OC(C)C. The molecule has 0 atom stereocenters. The lowest BCUT2D eigenvalue weighted by atomic mass is 10.1. The molecule has 5 nitrogen and oxygen atoms in total. The second-order valence-corrected chi connectivity index (χ2v) is 8.14. The van der Waals surface area contributed by atoms with Crippen molar-refractivity contribution in [2.75, 3.05) is 7.11 Å². The third-order valence-corrected chi connectivity index (χ3v) is 4.93. The molecule has 2 aromatic carbocycles. The van der Waals surface area contributed by atoms with E-state index in [1.165, 1.54) is 0 Å². The van der Waals surface area contributed by atoms with E-state index < -0.39 is 5.97 Å². The van der Waals surface area contributed by atoms with Crippen molar-refractivity contribution in [1.29, 1.82) is 0 Å². The zero-order chi connectivity index (χ0) is 19.6. The maximum absolute atomic E-state index is 12.2. The molecule has 0 aromatic heterocycles. The van der Waals surface area contributed by atoms with E-state index >= 15 is 0 Å². The number of ether oxygens (including phenoxy) is 3. The Labute approximate surface area is 179 Å². The average Bonchev–Trinajstić information content (AvgIpc) is 2.98. The van der Waals surface area contributed by atoms with Gasteiger partial charge in [0.1, 0.15) is 0 Å². The molecule has 1 aliphatic heterocycles. The first-order chi connectivity index (χ1) is 12.9. The molecule has 1 heterocycles. The van der Waals surface area contributed by atoms with Crippen LogP contribution < -0.4 is 9.47 Å². The third-order valence-electron chi connectivity index (χ3n) is 3.62. The number of carbonyl (C=O) groups is 1. The summed E-state index contributed by atoms with van der Waals surface area (Å²) in [6.45, 7) is 3.88. The Bertz CT molecular complexity index is 936. The fraction of sp³-hybridized carbons (Fsp3) is 0.200. The lowest BCUT2D eigenvalue weighted by Crippen LogP contribution is -2.07. The highest BCUT2D eigenvalue weighted by atomic mass is 127. The Hall–Kier alpha value is -1.87. The molecular formula is C20H17BrINO4. The van der Waals surface area contributed by atoms with Gasteiger partial charge in [0.25, 0.3) is 0 Å². The highest BCUT2D eigenvalue weighted by molar-refractivity contribution is 14.1. The molecule has 1 aliphatic rings. The average molecular weight is 542 g/mol. The Morgan fingerprint density at radius 2 is 1.93 bits per heavy atom. The van der Waals surface area contributed by atoms with Gasteiger partial charge in [0.15, 0.2) is 17.2 Å². The Morgan fingerprint density at radius 3 is 2.56 bits per heavy atom. The lowest BCUT2D eigenvalue weighted by molar-refractivity contribution is -0.129. The van der Waals surface area contributed by atoms with Gasteiger partial charge in [0.2, 0.25) is 5.90 Å². The highest BCUT2D eigenvalue weighted by Crippen LogP contribution is 2.38. The number of rotatable bonds is 5.